The lowest BCUT2D eigenvalue weighted by Gasteiger charge is -2.21. The number of hydrogen-bond acceptors (Lipinski definition) is 3. The Balaban J connectivity index is 1.99. The summed E-state index contributed by atoms with van der Waals surface area (Å²) in [6, 6.07) is 6.13. The first-order valence-corrected chi connectivity index (χ1v) is 10.9. The van der Waals surface area contributed by atoms with Gasteiger partial charge in [0.2, 0.25) is 0 Å². The lowest BCUT2D eigenvalue weighted by atomic mass is 10.0. The van der Waals surface area contributed by atoms with Crippen LogP contribution in [0.5, 0.6) is 0 Å². The van der Waals surface area contributed by atoms with Gasteiger partial charge in [0, 0.05) is 25.3 Å². The van der Waals surface area contributed by atoms with Crippen LogP contribution in [0.25, 0.3) is 0 Å². The normalized spacial score (nSPS) is 13.1. The van der Waals surface area contributed by atoms with Crippen molar-refractivity contribution in [3.63, 3.8) is 0 Å². The number of nitrogens with zero attached hydrogens (tertiary/aromatic N) is 3. The van der Waals surface area contributed by atoms with Crippen molar-refractivity contribution >= 4 is 17.5 Å². The molecule has 0 fully saturated rings. The van der Waals surface area contributed by atoms with Crippen molar-refractivity contribution in [3.8, 4) is 0 Å². The number of aryl methyl sites for hydroxylation is 2. The molecule has 6 nitrogen and oxygen atoms in total. The Kier molecular flexibility index (Phi) is 6.72. The lowest BCUT2D eigenvalue weighted by Crippen LogP contribution is -2.33. The van der Waals surface area contributed by atoms with Crippen molar-refractivity contribution in [1.82, 2.24) is 14.5 Å². The van der Waals surface area contributed by atoms with Gasteiger partial charge in [0.1, 0.15) is 0 Å². The van der Waals surface area contributed by atoms with E-state index in [1.165, 1.54) is 0 Å². The molecule has 2 heterocycles. The second-order valence-corrected chi connectivity index (χ2v) is 7.43. The smallest absolute Gasteiger partial charge is 0.289 e. The summed E-state index contributed by atoms with van der Waals surface area (Å²) in [4.78, 5) is 32.6. The number of hydrogen-bond donors (Lipinski definition) is 1. The van der Waals surface area contributed by atoms with Gasteiger partial charge in [0.05, 0.1) is 5.69 Å². The van der Waals surface area contributed by atoms with E-state index in [1.54, 1.807) is 4.90 Å². The summed E-state index contributed by atoms with van der Waals surface area (Å²) in [7, 11) is 0. The number of carbonyl (C=O) groups excluding carboxylic acids is 2. The van der Waals surface area contributed by atoms with Crippen LogP contribution in [0.1, 0.15) is 78.5 Å². The van der Waals surface area contributed by atoms with E-state index in [2.05, 4.69) is 24.1 Å². The standard InChI is InChI=1S/C23H32N4O2/c1-5-16-12-11-13-17(6-2)19(16)25-22(28)20-18-14-9-10-15-27(18)21(24-20)23(29)26(7-3)8-4/h11-13H,5-10,14-15H2,1-4H3,(H,25,28). The maximum absolute atomic E-state index is 13.3. The molecule has 0 atom stereocenters. The van der Waals surface area contributed by atoms with E-state index < -0.39 is 0 Å². The zero-order valence-corrected chi connectivity index (χ0v) is 18.0. The highest BCUT2D eigenvalue weighted by molar-refractivity contribution is 6.05. The van der Waals surface area contributed by atoms with E-state index in [9.17, 15) is 9.59 Å². The third-order valence-electron chi connectivity index (χ3n) is 5.81. The maximum atomic E-state index is 13.3. The molecule has 1 aromatic heterocycles. The van der Waals surface area contributed by atoms with Crippen molar-refractivity contribution in [1.29, 1.82) is 0 Å². The highest BCUT2D eigenvalue weighted by Gasteiger charge is 2.29. The molecule has 0 spiro atoms. The molecule has 0 unspecified atom stereocenters. The topological polar surface area (TPSA) is 67.2 Å². The van der Waals surface area contributed by atoms with Crippen LogP contribution in [0, 0.1) is 0 Å². The van der Waals surface area contributed by atoms with E-state index in [-0.39, 0.29) is 11.8 Å². The fourth-order valence-corrected chi connectivity index (χ4v) is 4.12. The molecule has 3 rings (SSSR count). The summed E-state index contributed by atoms with van der Waals surface area (Å²) >= 11 is 0. The van der Waals surface area contributed by atoms with Crippen LogP contribution < -0.4 is 5.32 Å². The van der Waals surface area contributed by atoms with Gasteiger partial charge in [-0.15, -0.1) is 0 Å². The van der Waals surface area contributed by atoms with Crippen molar-refractivity contribution in [2.45, 2.75) is 66.3 Å². The molecule has 2 aromatic rings. The van der Waals surface area contributed by atoms with E-state index in [0.717, 1.165) is 61.2 Å². The number of imidazole rings is 1. The van der Waals surface area contributed by atoms with Gasteiger partial charge in [0.15, 0.2) is 11.5 Å². The van der Waals surface area contributed by atoms with Gasteiger partial charge in [-0.05, 0) is 57.1 Å². The van der Waals surface area contributed by atoms with E-state index in [4.69, 9.17) is 0 Å². The number of benzene rings is 1. The summed E-state index contributed by atoms with van der Waals surface area (Å²) in [5, 5.41) is 3.12. The molecule has 1 aromatic carbocycles. The van der Waals surface area contributed by atoms with Gasteiger partial charge in [-0.2, -0.15) is 0 Å². The van der Waals surface area contributed by atoms with Crippen LogP contribution >= 0.6 is 0 Å². The molecule has 0 saturated carbocycles. The molecule has 1 aliphatic rings. The largest absolute Gasteiger partial charge is 0.337 e. The van der Waals surface area contributed by atoms with Gasteiger partial charge in [-0.1, -0.05) is 32.0 Å². The van der Waals surface area contributed by atoms with E-state index >= 15 is 0 Å². The molecule has 0 radical (unpaired) electrons. The zero-order chi connectivity index (χ0) is 21.0. The second-order valence-electron chi connectivity index (χ2n) is 7.43. The molecular weight excluding hydrogens is 364 g/mol. The predicted octanol–water partition coefficient (Wildman–Crippen LogP) is 4.08. The molecule has 156 valence electrons. The van der Waals surface area contributed by atoms with Crippen LogP contribution in [-0.2, 0) is 25.8 Å². The zero-order valence-electron chi connectivity index (χ0n) is 18.0. The van der Waals surface area contributed by atoms with Gasteiger partial charge in [-0.25, -0.2) is 4.98 Å². The average molecular weight is 397 g/mol. The minimum atomic E-state index is -0.218. The molecule has 1 N–H and O–H groups in total. The van der Waals surface area contributed by atoms with Crippen LogP contribution in [-0.4, -0.2) is 39.4 Å². The molecule has 1 aliphatic heterocycles. The summed E-state index contributed by atoms with van der Waals surface area (Å²) in [6.07, 6.45) is 4.47. The predicted molar refractivity (Wildman–Crippen MR) is 116 cm³/mol. The van der Waals surface area contributed by atoms with Crippen LogP contribution in [0.2, 0.25) is 0 Å². The number of para-hydroxylation sites is 1. The number of aromatic nitrogens is 2. The molecule has 2 amide bonds. The number of fused-ring (bicyclic) bond motifs is 1. The first-order valence-electron chi connectivity index (χ1n) is 10.9. The number of amides is 2. The minimum Gasteiger partial charge on any atom is -0.337 e. The quantitative estimate of drug-likeness (QED) is 0.767. The number of rotatable bonds is 7. The summed E-state index contributed by atoms with van der Waals surface area (Å²) in [5.74, 6) is 0.0818. The number of carbonyl (C=O) groups is 2. The Morgan fingerprint density at radius 3 is 2.31 bits per heavy atom. The summed E-state index contributed by atoms with van der Waals surface area (Å²) in [5.41, 5.74) is 4.40. The van der Waals surface area contributed by atoms with Crippen LogP contribution in [0.15, 0.2) is 18.2 Å². The third kappa shape index (κ3) is 4.07. The molecule has 0 saturated heterocycles. The van der Waals surface area contributed by atoms with Gasteiger partial charge >= 0.3 is 0 Å². The van der Waals surface area contributed by atoms with Crippen LogP contribution in [0.4, 0.5) is 5.69 Å². The Hall–Kier alpha value is -2.63. The Labute approximate surface area is 173 Å². The van der Waals surface area contributed by atoms with Gasteiger partial charge in [0.25, 0.3) is 11.8 Å². The number of anilines is 1. The van der Waals surface area contributed by atoms with Gasteiger partial charge in [-0.3, -0.25) is 9.59 Å². The Bertz CT molecular complexity index is 874. The average Bonchev–Trinajstić information content (AvgIpc) is 3.14. The van der Waals surface area contributed by atoms with Crippen molar-refractivity contribution in [3.05, 3.63) is 46.5 Å². The maximum Gasteiger partial charge on any atom is 0.289 e. The summed E-state index contributed by atoms with van der Waals surface area (Å²) < 4.78 is 1.96. The van der Waals surface area contributed by atoms with E-state index in [0.29, 0.717) is 24.6 Å². The second kappa shape index (κ2) is 9.25. The molecule has 0 aliphatic carbocycles. The summed E-state index contributed by atoms with van der Waals surface area (Å²) in [6.45, 7) is 10.1. The monoisotopic (exact) mass is 396 g/mol. The fourth-order valence-electron chi connectivity index (χ4n) is 4.12. The molecule has 29 heavy (non-hydrogen) atoms. The minimum absolute atomic E-state index is 0.0968. The number of nitrogens with one attached hydrogen (secondary N) is 1. The molecular formula is C23H32N4O2. The first-order chi connectivity index (χ1) is 14.0. The van der Waals surface area contributed by atoms with Crippen molar-refractivity contribution < 1.29 is 9.59 Å². The van der Waals surface area contributed by atoms with E-state index in [1.807, 2.05) is 36.6 Å². The lowest BCUT2D eigenvalue weighted by molar-refractivity contribution is 0.0754. The SMILES string of the molecule is CCc1cccc(CC)c1NC(=O)c1nc(C(=O)N(CC)CC)n2c1CCCC2. The molecule has 0 bridgehead atoms. The van der Waals surface area contributed by atoms with Crippen LogP contribution in [0.3, 0.4) is 0 Å². The Morgan fingerprint density at radius 2 is 1.72 bits per heavy atom. The molecule has 6 heteroatoms. The third-order valence-corrected chi connectivity index (χ3v) is 5.81. The van der Waals surface area contributed by atoms with Crippen molar-refractivity contribution in [2.75, 3.05) is 18.4 Å². The highest BCUT2D eigenvalue weighted by atomic mass is 16.2. The van der Waals surface area contributed by atoms with Crippen molar-refractivity contribution in [2.24, 2.45) is 0 Å². The van der Waals surface area contributed by atoms with Gasteiger partial charge < -0.3 is 14.8 Å². The Morgan fingerprint density at radius 1 is 1.07 bits per heavy atom. The fraction of sp³-hybridized carbons (Fsp3) is 0.522. The first kappa shape index (κ1) is 21.1. The highest BCUT2D eigenvalue weighted by Crippen LogP contribution is 2.26.